The molecule has 1 heterocycles. The van der Waals surface area contributed by atoms with E-state index in [1.165, 1.54) is 24.3 Å². The number of carbonyl (C=O) groups excluding carboxylic acids is 1. The summed E-state index contributed by atoms with van der Waals surface area (Å²) in [7, 11) is -9.64. The van der Waals surface area contributed by atoms with Crippen LogP contribution >= 0.6 is 11.6 Å². The molecule has 0 aliphatic heterocycles. The quantitative estimate of drug-likeness (QED) is 0.113. The van der Waals surface area contributed by atoms with Crippen molar-refractivity contribution in [2.24, 2.45) is 0 Å². The fraction of sp³-hybridized carbons (Fsp3) is 0. The van der Waals surface area contributed by atoms with Gasteiger partial charge >= 0.3 is 59.1 Å². The average Bonchev–Trinajstić information content (AvgIpc) is 2.77. The Bertz CT molecular complexity index is 1790. The van der Waals surface area contributed by atoms with Crippen molar-refractivity contribution in [2.75, 3.05) is 10.6 Å². The van der Waals surface area contributed by atoms with Crippen LogP contribution in [0.2, 0.25) is 5.28 Å². The van der Waals surface area contributed by atoms with E-state index in [1.807, 2.05) is 0 Å². The van der Waals surface area contributed by atoms with Crippen molar-refractivity contribution >= 4 is 71.9 Å². The molecule has 0 radical (unpaired) electrons. The van der Waals surface area contributed by atoms with E-state index in [4.69, 9.17) is 11.6 Å². The normalized spacial score (nSPS) is 11.3. The van der Waals surface area contributed by atoms with Crippen LogP contribution in [-0.2, 0) is 20.2 Å². The Morgan fingerprint density at radius 1 is 0.821 bits per heavy atom. The number of benzene rings is 3. The first-order chi connectivity index (χ1) is 17.2. The van der Waals surface area contributed by atoms with E-state index in [9.17, 15) is 40.9 Å². The number of fused-ring (bicyclic) bond motifs is 1. The number of nitrogens with one attached hydrogen (secondary N) is 2. The van der Waals surface area contributed by atoms with Crippen LogP contribution in [0.1, 0.15) is 10.4 Å². The van der Waals surface area contributed by atoms with E-state index in [2.05, 4.69) is 25.6 Å². The molecule has 39 heavy (non-hydrogen) atoms. The number of carbonyl (C=O) groups is 1. The summed E-state index contributed by atoms with van der Waals surface area (Å²) in [6.45, 7) is 0. The van der Waals surface area contributed by atoms with Gasteiger partial charge in [-0.1, -0.05) is 17.9 Å². The Morgan fingerprint density at radius 3 is 1.85 bits per heavy atom. The maximum atomic E-state index is 12.7. The van der Waals surface area contributed by atoms with Gasteiger partial charge in [-0.05, 0) is 64.3 Å². The summed E-state index contributed by atoms with van der Waals surface area (Å²) in [6.07, 6.45) is 0. The number of hydrogen-bond acceptors (Lipinski definition) is 12. The summed E-state index contributed by atoms with van der Waals surface area (Å²) in [5.74, 6) is -2.71. The van der Waals surface area contributed by atoms with Crippen LogP contribution in [0.25, 0.3) is 10.8 Å². The maximum absolute atomic E-state index is 12.7. The molecule has 3 aromatic carbocycles. The number of hydrogen-bond donors (Lipinski definition) is 4. The summed E-state index contributed by atoms with van der Waals surface area (Å²) in [4.78, 5) is 21.2. The molecule has 0 atom stereocenters. The monoisotopic (exact) mass is 611 g/mol. The van der Waals surface area contributed by atoms with Gasteiger partial charge in [0.1, 0.15) is 0 Å². The first-order valence-corrected chi connectivity index (χ1v) is 13.0. The van der Waals surface area contributed by atoms with Gasteiger partial charge in [0.2, 0.25) is 17.2 Å². The van der Waals surface area contributed by atoms with Crippen molar-refractivity contribution in [3.05, 3.63) is 59.4 Å². The number of anilines is 4. The zero-order valence-corrected chi connectivity index (χ0v) is 26.3. The summed E-state index contributed by atoms with van der Waals surface area (Å²) < 4.78 is 65.5. The molecule has 0 aliphatic rings. The molecule has 0 saturated carbocycles. The molecule has 0 saturated heterocycles. The zero-order chi connectivity index (χ0) is 27.1. The number of aromatic nitrogens is 3. The van der Waals surface area contributed by atoms with Crippen molar-refractivity contribution in [3.8, 4) is 5.75 Å². The van der Waals surface area contributed by atoms with E-state index in [0.717, 1.165) is 18.2 Å². The molecule has 14 nitrogen and oxygen atoms in total. The first-order valence-electron chi connectivity index (χ1n) is 9.71. The van der Waals surface area contributed by atoms with Gasteiger partial charge in [0, 0.05) is 11.4 Å². The average molecular weight is 612 g/mol. The fourth-order valence-corrected chi connectivity index (χ4v) is 4.45. The van der Waals surface area contributed by atoms with Crippen LogP contribution in [-0.4, -0.2) is 46.9 Å². The molecule has 192 valence electrons. The van der Waals surface area contributed by atoms with Crippen molar-refractivity contribution in [1.29, 1.82) is 0 Å². The fourth-order valence-electron chi connectivity index (χ4n) is 3.22. The van der Waals surface area contributed by atoms with Crippen LogP contribution < -0.4 is 80.0 Å². The Labute approximate surface area is 269 Å². The molecule has 0 bridgehead atoms. The molecule has 0 fully saturated rings. The third-order valence-corrected chi connectivity index (χ3v) is 6.62. The number of carboxylic acids is 1. The first kappa shape index (κ1) is 33.1. The Morgan fingerprint density at radius 2 is 1.33 bits per heavy atom. The number of halogens is 1. The summed E-state index contributed by atoms with van der Waals surface area (Å²) in [5.41, 5.74) is 0.0397. The smallest absolute Gasteiger partial charge is 0.872 e. The van der Waals surface area contributed by atoms with Crippen molar-refractivity contribution < 1.29 is 100 Å². The van der Waals surface area contributed by atoms with Gasteiger partial charge in [-0.2, -0.15) is 31.8 Å². The Balaban J connectivity index is 0.00000267. The predicted molar refractivity (Wildman–Crippen MR) is 125 cm³/mol. The van der Waals surface area contributed by atoms with E-state index in [-0.39, 0.29) is 98.3 Å². The van der Waals surface area contributed by atoms with Gasteiger partial charge in [-0.3, -0.25) is 9.11 Å². The second kappa shape index (κ2) is 12.6. The van der Waals surface area contributed by atoms with Crippen LogP contribution in [0.5, 0.6) is 5.75 Å². The maximum Gasteiger partial charge on any atom is 1.00 e. The minimum absolute atomic E-state index is 0. The van der Waals surface area contributed by atoms with Gasteiger partial charge in [0.15, 0.2) is 0 Å². The van der Waals surface area contributed by atoms with E-state index in [1.54, 1.807) is 0 Å². The zero-order valence-electron chi connectivity index (χ0n) is 19.9. The standard InChI is InChI=1S/C20H14ClN5O9S2.2Na/c21-18-24-19(22-11-3-1-9(2-4-11)17(28)29)26-20(25-18)23-14-7-12(36(30,31)32)5-10-6-13(37(33,34)35)8-15(27)16(10)14;;/h1-8,27H,(H,28,29)(H,30,31,32)(H,33,34,35)(H2,22,23,24,25,26);;/q;2*+1/p-2. The molecule has 1 aromatic heterocycles. The summed E-state index contributed by atoms with van der Waals surface area (Å²) in [6, 6.07) is 8.53. The van der Waals surface area contributed by atoms with Crippen molar-refractivity contribution in [2.45, 2.75) is 9.79 Å². The van der Waals surface area contributed by atoms with Crippen molar-refractivity contribution in [3.63, 3.8) is 0 Å². The van der Waals surface area contributed by atoms with Crippen molar-refractivity contribution in [1.82, 2.24) is 15.0 Å². The second-order valence-corrected chi connectivity index (χ2v) is 10.5. The molecular formula is C20H12ClN5Na2O9S2. The van der Waals surface area contributed by atoms with E-state index in [0.29, 0.717) is 11.8 Å². The summed E-state index contributed by atoms with van der Waals surface area (Å²) >= 11 is 5.95. The number of rotatable bonds is 7. The Hall–Kier alpha value is -2.09. The Kier molecular flexibility index (Phi) is 10.7. The molecule has 0 amide bonds. The molecule has 4 aromatic rings. The van der Waals surface area contributed by atoms with E-state index < -0.39 is 41.7 Å². The van der Waals surface area contributed by atoms with Crippen LogP contribution in [0.3, 0.4) is 0 Å². The third-order valence-electron chi connectivity index (χ3n) is 4.79. The third kappa shape index (κ3) is 7.99. The van der Waals surface area contributed by atoms with Crippen LogP contribution in [0.15, 0.2) is 58.3 Å². The minimum Gasteiger partial charge on any atom is -0.872 e. The topological polar surface area (TPSA) is 235 Å². The number of carboxylic acid groups (broad SMARTS) is 1. The minimum atomic E-state index is -4.83. The SMILES string of the molecule is O=C([O-])c1ccc(Nc2nc(Cl)nc(Nc3cc(S(=O)(=O)O)cc4cc(S(=O)(=O)O)cc([O-])c34)n2)cc1.[Na+].[Na+]. The van der Waals surface area contributed by atoms with Gasteiger partial charge < -0.3 is 25.6 Å². The van der Waals surface area contributed by atoms with Gasteiger partial charge in [0.05, 0.1) is 15.8 Å². The van der Waals surface area contributed by atoms with Crippen LogP contribution in [0.4, 0.5) is 23.3 Å². The number of nitrogens with zero attached hydrogens (tertiary/aromatic N) is 3. The molecule has 0 aliphatic carbocycles. The van der Waals surface area contributed by atoms with Gasteiger partial charge in [0.25, 0.3) is 20.2 Å². The van der Waals surface area contributed by atoms with Gasteiger partial charge in [-0.25, -0.2) is 0 Å². The molecule has 4 N–H and O–H groups in total. The molecule has 4 rings (SSSR count). The molecule has 0 spiro atoms. The van der Waals surface area contributed by atoms with Crippen LogP contribution in [0, 0.1) is 0 Å². The molecular weight excluding hydrogens is 600 g/mol. The van der Waals surface area contributed by atoms with Gasteiger partial charge in [-0.15, -0.1) is 0 Å². The predicted octanol–water partition coefficient (Wildman–Crippen LogP) is -4.90. The largest absolute Gasteiger partial charge is 1.00 e. The second-order valence-electron chi connectivity index (χ2n) is 7.31. The molecule has 19 heteroatoms. The van der Waals surface area contributed by atoms with E-state index >= 15 is 0 Å². The summed E-state index contributed by atoms with van der Waals surface area (Å²) in [5, 5.41) is 28.1. The number of aromatic carboxylic acids is 1. The molecule has 0 unspecified atom stereocenters.